The van der Waals surface area contributed by atoms with Gasteiger partial charge in [-0.3, -0.25) is 9.59 Å². The summed E-state index contributed by atoms with van der Waals surface area (Å²) in [6.45, 7) is 0. The van der Waals surface area contributed by atoms with E-state index in [2.05, 4.69) is 10.3 Å². The fourth-order valence-electron chi connectivity index (χ4n) is 1.58. The number of hydrogen-bond acceptors (Lipinski definition) is 4. The van der Waals surface area contributed by atoms with Gasteiger partial charge in [0, 0.05) is 0 Å². The summed E-state index contributed by atoms with van der Waals surface area (Å²) in [4.78, 5) is 26.6. The van der Waals surface area contributed by atoms with Crippen molar-refractivity contribution < 1.29 is 14.3 Å². The molecule has 0 radical (unpaired) electrons. The van der Waals surface area contributed by atoms with E-state index in [1.807, 2.05) is 0 Å². The molecule has 0 saturated carbocycles. The van der Waals surface area contributed by atoms with E-state index in [1.54, 1.807) is 30.3 Å². The van der Waals surface area contributed by atoms with Crippen molar-refractivity contribution in [2.24, 2.45) is 0 Å². The molecule has 19 heavy (non-hydrogen) atoms. The first-order valence-corrected chi connectivity index (χ1v) is 5.61. The first-order valence-electron chi connectivity index (χ1n) is 5.61. The molecule has 0 unspecified atom stereocenters. The predicted molar refractivity (Wildman–Crippen MR) is 70.6 cm³/mol. The lowest BCUT2D eigenvalue weighted by atomic mass is 10.2. The highest BCUT2D eigenvalue weighted by Gasteiger charge is 2.10. The number of aldehydes is 1. The molecule has 1 N–H and O–H groups in total. The Labute approximate surface area is 110 Å². The van der Waals surface area contributed by atoms with Crippen LogP contribution in [0.25, 0.3) is 0 Å². The number of methoxy groups -OCH3 is 1. The molecule has 1 aromatic carbocycles. The SMILES string of the molecule is COc1ccccc1NC(=O)c1cccc(C=O)n1. The van der Waals surface area contributed by atoms with Gasteiger partial charge in [0.2, 0.25) is 0 Å². The molecule has 2 aromatic rings. The smallest absolute Gasteiger partial charge is 0.274 e. The lowest BCUT2D eigenvalue weighted by molar-refractivity contribution is 0.102. The zero-order valence-electron chi connectivity index (χ0n) is 10.3. The van der Waals surface area contributed by atoms with E-state index in [9.17, 15) is 9.59 Å². The number of benzene rings is 1. The van der Waals surface area contributed by atoms with E-state index in [0.717, 1.165) is 0 Å². The van der Waals surface area contributed by atoms with Crippen LogP contribution in [-0.4, -0.2) is 24.3 Å². The van der Waals surface area contributed by atoms with Gasteiger partial charge in [0.1, 0.15) is 17.1 Å². The largest absolute Gasteiger partial charge is 0.495 e. The molecule has 5 heteroatoms. The zero-order chi connectivity index (χ0) is 13.7. The first-order chi connectivity index (χ1) is 9.24. The minimum Gasteiger partial charge on any atom is -0.495 e. The molecule has 0 saturated heterocycles. The molecule has 0 aliphatic rings. The predicted octanol–water partition coefficient (Wildman–Crippen LogP) is 2.16. The monoisotopic (exact) mass is 256 g/mol. The van der Waals surface area contributed by atoms with Gasteiger partial charge in [-0.1, -0.05) is 18.2 Å². The normalized spacial score (nSPS) is 9.74. The van der Waals surface area contributed by atoms with Crippen LogP contribution in [0.4, 0.5) is 5.69 Å². The van der Waals surface area contributed by atoms with Gasteiger partial charge in [-0.2, -0.15) is 0 Å². The number of ether oxygens (including phenoxy) is 1. The van der Waals surface area contributed by atoms with E-state index in [-0.39, 0.29) is 11.4 Å². The third-order valence-corrected chi connectivity index (χ3v) is 2.48. The summed E-state index contributed by atoms with van der Waals surface area (Å²) in [6.07, 6.45) is 0.597. The molecule has 0 spiro atoms. The van der Waals surface area contributed by atoms with E-state index in [0.29, 0.717) is 17.7 Å². The zero-order valence-corrected chi connectivity index (χ0v) is 10.3. The van der Waals surface area contributed by atoms with Crippen LogP contribution in [0, 0.1) is 0 Å². The second kappa shape index (κ2) is 5.77. The van der Waals surface area contributed by atoms with Crippen molar-refractivity contribution in [3.63, 3.8) is 0 Å². The molecule has 2 rings (SSSR count). The molecule has 96 valence electrons. The summed E-state index contributed by atoms with van der Waals surface area (Å²) in [5, 5.41) is 2.69. The Kier molecular flexibility index (Phi) is 3.87. The Hall–Kier alpha value is -2.69. The number of anilines is 1. The van der Waals surface area contributed by atoms with Crippen LogP contribution in [0.2, 0.25) is 0 Å². The summed E-state index contributed by atoms with van der Waals surface area (Å²) in [7, 11) is 1.52. The maximum atomic E-state index is 12.0. The van der Waals surface area contributed by atoms with Crippen molar-refractivity contribution in [3.05, 3.63) is 53.9 Å². The number of rotatable bonds is 4. The summed E-state index contributed by atoms with van der Waals surface area (Å²) >= 11 is 0. The van der Waals surface area contributed by atoms with Crippen molar-refractivity contribution >= 4 is 17.9 Å². The van der Waals surface area contributed by atoms with Crippen LogP contribution in [0.5, 0.6) is 5.75 Å². The van der Waals surface area contributed by atoms with Crippen molar-refractivity contribution in [1.82, 2.24) is 4.98 Å². The van der Waals surface area contributed by atoms with Crippen molar-refractivity contribution in [3.8, 4) is 5.75 Å². The average Bonchev–Trinajstić information content (AvgIpc) is 2.47. The number of nitrogens with zero attached hydrogens (tertiary/aromatic N) is 1. The van der Waals surface area contributed by atoms with Gasteiger partial charge >= 0.3 is 0 Å². The van der Waals surface area contributed by atoms with E-state index >= 15 is 0 Å². The lowest BCUT2D eigenvalue weighted by Crippen LogP contribution is -2.14. The topological polar surface area (TPSA) is 68.3 Å². The molecule has 1 amide bonds. The first kappa shape index (κ1) is 12.8. The number of amides is 1. The molecule has 5 nitrogen and oxygen atoms in total. The van der Waals surface area contributed by atoms with Gasteiger partial charge in [0.15, 0.2) is 6.29 Å². The number of carbonyl (C=O) groups is 2. The average molecular weight is 256 g/mol. The number of aromatic nitrogens is 1. The highest BCUT2D eigenvalue weighted by molar-refractivity contribution is 6.04. The van der Waals surface area contributed by atoms with Crippen LogP contribution >= 0.6 is 0 Å². The fraction of sp³-hybridized carbons (Fsp3) is 0.0714. The third kappa shape index (κ3) is 2.95. The van der Waals surface area contributed by atoms with Crippen molar-refractivity contribution in [2.75, 3.05) is 12.4 Å². The van der Waals surface area contributed by atoms with Crippen LogP contribution < -0.4 is 10.1 Å². The van der Waals surface area contributed by atoms with Gasteiger partial charge in [-0.25, -0.2) is 4.98 Å². The number of para-hydroxylation sites is 2. The third-order valence-electron chi connectivity index (χ3n) is 2.48. The Morgan fingerprint density at radius 3 is 2.74 bits per heavy atom. The summed E-state index contributed by atoms with van der Waals surface area (Å²) < 4.78 is 5.14. The maximum Gasteiger partial charge on any atom is 0.274 e. The van der Waals surface area contributed by atoms with Gasteiger partial charge in [0.05, 0.1) is 12.8 Å². The highest BCUT2D eigenvalue weighted by atomic mass is 16.5. The van der Waals surface area contributed by atoms with Crippen LogP contribution in [-0.2, 0) is 0 Å². The van der Waals surface area contributed by atoms with Crippen LogP contribution in [0.1, 0.15) is 21.0 Å². The summed E-state index contributed by atoms with van der Waals surface area (Å²) in [5.41, 5.74) is 0.941. The van der Waals surface area contributed by atoms with Crippen molar-refractivity contribution in [2.45, 2.75) is 0 Å². The molecule has 0 atom stereocenters. The molecule has 0 fully saturated rings. The number of nitrogens with one attached hydrogen (secondary N) is 1. The standard InChI is InChI=1S/C14H12N2O3/c1-19-13-8-3-2-6-11(13)16-14(18)12-7-4-5-10(9-17)15-12/h2-9H,1H3,(H,16,18). The Morgan fingerprint density at radius 1 is 1.21 bits per heavy atom. The minimum atomic E-state index is -0.395. The van der Waals surface area contributed by atoms with Crippen LogP contribution in [0.15, 0.2) is 42.5 Å². The molecule has 1 aromatic heterocycles. The van der Waals surface area contributed by atoms with Gasteiger partial charge in [-0.05, 0) is 24.3 Å². The molecule has 0 aliphatic heterocycles. The Balaban J connectivity index is 2.23. The number of hydrogen-bond donors (Lipinski definition) is 1. The molecule has 0 bridgehead atoms. The van der Waals surface area contributed by atoms with Gasteiger partial charge in [-0.15, -0.1) is 0 Å². The number of carbonyl (C=O) groups excluding carboxylic acids is 2. The Morgan fingerprint density at radius 2 is 2.00 bits per heavy atom. The van der Waals surface area contributed by atoms with Crippen LogP contribution in [0.3, 0.4) is 0 Å². The van der Waals surface area contributed by atoms with Crippen molar-refractivity contribution in [1.29, 1.82) is 0 Å². The minimum absolute atomic E-state index is 0.176. The highest BCUT2D eigenvalue weighted by Crippen LogP contribution is 2.23. The van der Waals surface area contributed by atoms with E-state index in [4.69, 9.17) is 4.74 Å². The van der Waals surface area contributed by atoms with Gasteiger partial charge < -0.3 is 10.1 Å². The second-order valence-electron chi connectivity index (χ2n) is 3.72. The molecule has 0 aliphatic carbocycles. The molecule has 1 heterocycles. The van der Waals surface area contributed by atoms with Gasteiger partial charge in [0.25, 0.3) is 5.91 Å². The lowest BCUT2D eigenvalue weighted by Gasteiger charge is -2.09. The summed E-state index contributed by atoms with van der Waals surface area (Å²) in [6, 6.07) is 11.7. The molecular formula is C14H12N2O3. The number of pyridine rings is 1. The second-order valence-corrected chi connectivity index (χ2v) is 3.72. The fourth-order valence-corrected chi connectivity index (χ4v) is 1.58. The summed E-state index contributed by atoms with van der Waals surface area (Å²) in [5.74, 6) is 0.163. The Bertz CT molecular complexity index is 611. The quantitative estimate of drug-likeness (QED) is 0.851. The maximum absolute atomic E-state index is 12.0. The van der Waals surface area contributed by atoms with E-state index in [1.165, 1.54) is 19.2 Å². The molecular weight excluding hydrogens is 244 g/mol. The van der Waals surface area contributed by atoms with E-state index < -0.39 is 5.91 Å².